The molecular formula is C13H10ClNO. The van der Waals surface area contributed by atoms with Crippen molar-refractivity contribution < 1.29 is 4.79 Å². The van der Waals surface area contributed by atoms with Gasteiger partial charge in [-0.3, -0.25) is 4.79 Å². The molecule has 2 nitrogen and oxygen atoms in total. The Bertz CT molecular complexity index is 537. The number of carbonyl (C=O) groups is 1. The number of nitrogens with two attached hydrogens (primary N) is 1. The Morgan fingerprint density at radius 1 is 1.00 bits per heavy atom. The molecule has 2 aromatic carbocycles. The van der Waals surface area contributed by atoms with Gasteiger partial charge in [0.1, 0.15) is 0 Å². The number of hydrogen-bond acceptors (Lipinski definition) is 2. The van der Waals surface area contributed by atoms with Crippen molar-refractivity contribution in [3.63, 3.8) is 0 Å². The monoisotopic (exact) mass is 231 g/mol. The Hall–Kier alpha value is -1.80. The summed E-state index contributed by atoms with van der Waals surface area (Å²) in [7, 11) is 0. The van der Waals surface area contributed by atoms with Gasteiger partial charge in [0.25, 0.3) is 0 Å². The lowest BCUT2D eigenvalue weighted by Crippen LogP contribution is -1.94. The normalized spacial score (nSPS) is 10.1. The maximum Gasteiger partial charge on any atom is 0.150 e. The van der Waals surface area contributed by atoms with E-state index in [-0.39, 0.29) is 0 Å². The Morgan fingerprint density at radius 3 is 2.44 bits per heavy atom. The zero-order chi connectivity index (χ0) is 11.5. The summed E-state index contributed by atoms with van der Waals surface area (Å²) in [5, 5.41) is 0.498. The maximum absolute atomic E-state index is 10.9. The fourth-order valence-electron chi connectivity index (χ4n) is 1.62. The molecule has 16 heavy (non-hydrogen) atoms. The summed E-state index contributed by atoms with van der Waals surface area (Å²) in [6.45, 7) is 0. The fraction of sp³-hybridized carbons (Fsp3) is 0. The molecule has 2 aromatic rings. The molecule has 0 aromatic heterocycles. The highest BCUT2D eigenvalue weighted by molar-refractivity contribution is 6.33. The highest BCUT2D eigenvalue weighted by Crippen LogP contribution is 2.32. The van der Waals surface area contributed by atoms with E-state index in [9.17, 15) is 4.79 Å². The van der Waals surface area contributed by atoms with Crippen molar-refractivity contribution in [1.82, 2.24) is 0 Å². The number of benzene rings is 2. The second-order valence-corrected chi connectivity index (χ2v) is 3.81. The number of anilines is 1. The topological polar surface area (TPSA) is 43.1 Å². The standard InChI is InChI=1S/C13H10ClNO/c14-12-7-3-6-11(13(12)15)10-5-2-1-4-9(10)8-16/h1-8H,15H2. The second kappa shape index (κ2) is 4.37. The zero-order valence-electron chi connectivity index (χ0n) is 8.48. The molecule has 0 unspecified atom stereocenters. The van der Waals surface area contributed by atoms with Gasteiger partial charge < -0.3 is 5.73 Å². The molecule has 0 fully saturated rings. The van der Waals surface area contributed by atoms with Gasteiger partial charge in [-0.2, -0.15) is 0 Å². The molecule has 0 atom stereocenters. The number of rotatable bonds is 2. The molecule has 0 aliphatic heterocycles. The Morgan fingerprint density at radius 2 is 1.69 bits per heavy atom. The van der Waals surface area contributed by atoms with Crippen molar-refractivity contribution in [1.29, 1.82) is 0 Å². The lowest BCUT2D eigenvalue weighted by Gasteiger charge is -2.09. The molecule has 0 saturated heterocycles. The summed E-state index contributed by atoms with van der Waals surface area (Å²) in [5.74, 6) is 0. The van der Waals surface area contributed by atoms with Crippen LogP contribution in [-0.2, 0) is 0 Å². The van der Waals surface area contributed by atoms with Gasteiger partial charge in [0.15, 0.2) is 6.29 Å². The van der Waals surface area contributed by atoms with Crippen molar-refractivity contribution in [2.45, 2.75) is 0 Å². The molecule has 2 rings (SSSR count). The van der Waals surface area contributed by atoms with Crippen LogP contribution in [0.1, 0.15) is 10.4 Å². The maximum atomic E-state index is 10.9. The lowest BCUT2D eigenvalue weighted by atomic mass is 9.99. The molecule has 0 saturated carbocycles. The summed E-state index contributed by atoms with van der Waals surface area (Å²) < 4.78 is 0. The van der Waals surface area contributed by atoms with Gasteiger partial charge in [0.05, 0.1) is 10.7 Å². The number of halogens is 1. The first-order chi connectivity index (χ1) is 7.74. The zero-order valence-corrected chi connectivity index (χ0v) is 9.24. The number of nitrogen functional groups attached to an aromatic ring is 1. The number of aldehydes is 1. The van der Waals surface area contributed by atoms with Crippen molar-refractivity contribution >= 4 is 23.6 Å². The van der Waals surface area contributed by atoms with Crippen LogP contribution in [0.15, 0.2) is 42.5 Å². The predicted octanol–water partition coefficient (Wildman–Crippen LogP) is 3.40. The molecule has 0 aliphatic rings. The third-order valence-electron chi connectivity index (χ3n) is 2.43. The Labute approximate surface area is 98.7 Å². The number of para-hydroxylation sites is 1. The summed E-state index contributed by atoms with van der Waals surface area (Å²) in [6, 6.07) is 12.7. The fourth-order valence-corrected chi connectivity index (χ4v) is 1.79. The number of carbonyl (C=O) groups excluding carboxylic acids is 1. The first-order valence-electron chi connectivity index (χ1n) is 4.82. The molecule has 0 heterocycles. The van der Waals surface area contributed by atoms with Crippen LogP contribution >= 0.6 is 11.6 Å². The molecule has 0 radical (unpaired) electrons. The molecule has 0 amide bonds. The third kappa shape index (κ3) is 1.79. The van der Waals surface area contributed by atoms with E-state index in [2.05, 4.69) is 0 Å². The molecule has 2 N–H and O–H groups in total. The SMILES string of the molecule is Nc1c(Cl)cccc1-c1ccccc1C=O. The van der Waals surface area contributed by atoms with Gasteiger partial charge in [-0.15, -0.1) is 0 Å². The summed E-state index contributed by atoms with van der Waals surface area (Å²) in [6.07, 6.45) is 0.815. The van der Waals surface area contributed by atoms with E-state index in [1.54, 1.807) is 12.1 Å². The van der Waals surface area contributed by atoms with Crippen LogP contribution in [0.3, 0.4) is 0 Å². The Balaban J connectivity index is 2.67. The summed E-state index contributed by atoms with van der Waals surface area (Å²) in [5.41, 5.74) is 8.59. The first-order valence-corrected chi connectivity index (χ1v) is 5.20. The van der Waals surface area contributed by atoms with Crippen molar-refractivity contribution in [2.75, 3.05) is 5.73 Å². The van der Waals surface area contributed by atoms with Gasteiger partial charge >= 0.3 is 0 Å². The van der Waals surface area contributed by atoms with Crippen LogP contribution in [0, 0.1) is 0 Å². The van der Waals surface area contributed by atoms with E-state index in [1.807, 2.05) is 30.3 Å². The van der Waals surface area contributed by atoms with Crippen molar-refractivity contribution in [2.24, 2.45) is 0 Å². The highest BCUT2D eigenvalue weighted by atomic mass is 35.5. The highest BCUT2D eigenvalue weighted by Gasteiger charge is 2.08. The van der Waals surface area contributed by atoms with Gasteiger partial charge in [-0.05, 0) is 11.6 Å². The van der Waals surface area contributed by atoms with Crippen LogP contribution in [0.25, 0.3) is 11.1 Å². The predicted molar refractivity (Wildman–Crippen MR) is 66.7 cm³/mol. The lowest BCUT2D eigenvalue weighted by molar-refractivity contribution is 0.112. The molecule has 0 aliphatic carbocycles. The van der Waals surface area contributed by atoms with E-state index >= 15 is 0 Å². The minimum absolute atomic E-state index is 0.498. The number of hydrogen-bond donors (Lipinski definition) is 1. The van der Waals surface area contributed by atoms with Crippen LogP contribution in [0.2, 0.25) is 5.02 Å². The average Bonchev–Trinajstić information content (AvgIpc) is 2.33. The third-order valence-corrected chi connectivity index (χ3v) is 2.76. The van der Waals surface area contributed by atoms with Gasteiger partial charge in [0.2, 0.25) is 0 Å². The van der Waals surface area contributed by atoms with Gasteiger partial charge in [-0.1, -0.05) is 48.0 Å². The summed E-state index contributed by atoms with van der Waals surface area (Å²) >= 11 is 5.95. The quantitative estimate of drug-likeness (QED) is 0.636. The second-order valence-electron chi connectivity index (χ2n) is 3.41. The average molecular weight is 232 g/mol. The van der Waals surface area contributed by atoms with Crippen LogP contribution in [0.5, 0.6) is 0 Å². The van der Waals surface area contributed by atoms with Gasteiger partial charge in [-0.25, -0.2) is 0 Å². The minimum Gasteiger partial charge on any atom is -0.397 e. The molecule has 3 heteroatoms. The molecular weight excluding hydrogens is 222 g/mol. The van der Waals surface area contributed by atoms with Gasteiger partial charge in [0, 0.05) is 11.1 Å². The minimum atomic E-state index is 0.498. The van der Waals surface area contributed by atoms with E-state index in [4.69, 9.17) is 17.3 Å². The van der Waals surface area contributed by atoms with E-state index in [0.29, 0.717) is 16.3 Å². The van der Waals surface area contributed by atoms with E-state index in [1.165, 1.54) is 0 Å². The molecule has 80 valence electrons. The molecule has 0 bridgehead atoms. The van der Waals surface area contributed by atoms with Crippen LogP contribution in [0.4, 0.5) is 5.69 Å². The van der Waals surface area contributed by atoms with Crippen molar-refractivity contribution in [3.8, 4) is 11.1 Å². The summed E-state index contributed by atoms with van der Waals surface area (Å²) in [4.78, 5) is 10.9. The molecule has 0 spiro atoms. The van der Waals surface area contributed by atoms with Crippen LogP contribution in [-0.4, -0.2) is 6.29 Å². The Kier molecular flexibility index (Phi) is 2.93. The van der Waals surface area contributed by atoms with Crippen molar-refractivity contribution in [3.05, 3.63) is 53.1 Å². The smallest absolute Gasteiger partial charge is 0.150 e. The largest absolute Gasteiger partial charge is 0.397 e. The van der Waals surface area contributed by atoms with E-state index < -0.39 is 0 Å². The van der Waals surface area contributed by atoms with E-state index in [0.717, 1.165) is 17.4 Å². The first kappa shape index (κ1) is 10.7. The van der Waals surface area contributed by atoms with Crippen LogP contribution < -0.4 is 5.73 Å².